The number of alkyl halides is 3. The van der Waals surface area contributed by atoms with Gasteiger partial charge in [-0.3, -0.25) is 9.78 Å². The Bertz CT molecular complexity index is 779. The molecule has 1 aliphatic heterocycles. The van der Waals surface area contributed by atoms with Crippen molar-refractivity contribution in [2.75, 3.05) is 19.3 Å². The van der Waals surface area contributed by atoms with E-state index in [9.17, 15) is 18.0 Å². The first-order chi connectivity index (χ1) is 11.9. The maximum absolute atomic E-state index is 12.6. The number of aromatic nitrogens is 2. The van der Waals surface area contributed by atoms with Crippen LogP contribution in [0.3, 0.4) is 0 Å². The average Bonchev–Trinajstić information content (AvgIpc) is 2.56. The Morgan fingerprint density at radius 2 is 2.04 bits per heavy atom. The van der Waals surface area contributed by atoms with Crippen molar-refractivity contribution in [3.63, 3.8) is 0 Å². The molecule has 2 aromatic heterocycles. The molecule has 1 amide bonds. The van der Waals surface area contributed by atoms with E-state index in [0.717, 1.165) is 12.3 Å². The molecule has 2 aromatic rings. The monoisotopic (exact) mass is 369 g/mol. The van der Waals surface area contributed by atoms with Gasteiger partial charge >= 0.3 is 6.18 Å². The fraction of sp³-hybridized carbons (Fsp3) is 0.312. The molecule has 1 aliphatic rings. The van der Waals surface area contributed by atoms with Crippen LogP contribution in [0.1, 0.15) is 16.1 Å². The minimum Gasteiger partial charge on any atom is -0.487 e. The number of likely N-dealkylation sites (tertiary alicyclic amines) is 1. The van der Waals surface area contributed by atoms with Gasteiger partial charge in [-0.15, -0.1) is 11.8 Å². The van der Waals surface area contributed by atoms with Gasteiger partial charge in [-0.1, -0.05) is 0 Å². The Labute approximate surface area is 146 Å². The molecule has 0 N–H and O–H groups in total. The number of rotatable bonds is 4. The van der Waals surface area contributed by atoms with Crippen molar-refractivity contribution < 1.29 is 22.7 Å². The lowest BCUT2D eigenvalue weighted by atomic mass is 10.1. The quantitative estimate of drug-likeness (QED) is 0.775. The maximum atomic E-state index is 12.6. The van der Waals surface area contributed by atoms with Crippen molar-refractivity contribution >= 4 is 17.7 Å². The van der Waals surface area contributed by atoms with Crippen LogP contribution in [0.15, 0.2) is 41.7 Å². The van der Waals surface area contributed by atoms with Crippen molar-refractivity contribution in [3.8, 4) is 5.75 Å². The summed E-state index contributed by atoms with van der Waals surface area (Å²) in [7, 11) is 0. The minimum absolute atomic E-state index is 0.0885. The summed E-state index contributed by atoms with van der Waals surface area (Å²) < 4.78 is 43.5. The molecule has 1 fully saturated rings. The minimum atomic E-state index is -4.52. The second-order valence-electron chi connectivity index (χ2n) is 5.38. The molecule has 0 spiro atoms. The first kappa shape index (κ1) is 17.5. The Kier molecular flexibility index (Phi) is 4.85. The number of ether oxygens (including phenoxy) is 1. The highest BCUT2D eigenvalue weighted by Crippen LogP contribution is 2.30. The van der Waals surface area contributed by atoms with Crippen LogP contribution in [-0.4, -0.2) is 46.2 Å². The Hall–Kier alpha value is -2.29. The van der Waals surface area contributed by atoms with Gasteiger partial charge in [0.15, 0.2) is 0 Å². The van der Waals surface area contributed by atoms with E-state index < -0.39 is 11.9 Å². The lowest BCUT2D eigenvalue weighted by Gasteiger charge is -2.39. The average molecular weight is 369 g/mol. The summed E-state index contributed by atoms with van der Waals surface area (Å²) >= 11 is 1.38. The molecule has 0 unspecified atom stereocenters. The summed E-state index contributed by atoms with van der Waals surface area (Å²) in [4.78, 5) is 21.5. The fourth-order valence-electron chi connectivity index (χ4n) is 2.40. The number of nitrogens with zero attached hydrogens (tertiary/aromatic N) is 3. The van der Waals surface area contributed by atoms with Gasteiger partial charge in [-0.25, -0.2) is 4.98 Å². The molecule has 0 radical (unpaired) electrons. The first-order valence-corrected chi connectivity index (χ1v) is 8.59. The first-order valence-electron chi connectivity index (χ1n) is 7.36. The van der Waals surface area contributed by atoms with Gasteiger partial charge in [-0.05, 0) is 24.5 Å². The predicted octanol–water partition coefficient (Wildman–Crippen LogP) is 3.12. The van der Waals surface area contributed by atoms with Gasteiger partial charge < -0.3 is 9.64 Å². The maximum Gasteiger partial charge on any atom is 0.433 e. The van der Waals surface area contributed by atoms with Crippen molar-refractivity contribution in [2.45, 2.75) is 17.3 Å². The molecule has 132 valence electrons. The van der Waals surface area contributed by atoms with E-state index in [-0.39, 0.29) is 17.8 Å². The summed E-state index contributed by atoms with van der Waals surface area (Å²) in [5.41, 5.74) is -0.492. The van der Waals surface area contributed by atoms with Gasteiger partial charge in [0, 0.05) is 18.5 Å². The number of hydrogen-bond donors (Lipinski definition) is 0. The molecule has 25 heavy (non-hydrogen) atoms. The van der Waals surface area contributed by atoms with Crippen molar-refractivity contribution in [2.24, 2.45) is 0 Å². The summed E-state index contributed by atoms with van der Waals surface area (Å²) in [5.74, 6) is -0.0754. The molecule has 0 bridgehead atoms. The summed E-state index contributed by atoms with van der Waals surface area (Å²) in [5, 5.41) is 0.640. The SMILES string of the molecule is CSc1ncccc1C(=O)N1CC(Oc2ccnc(C(F)(F)F)c2)C1. The van der Waals surface area contributed by atoms with E-state index in [4.69, 9.17) is 4.74 Å². The lowest BCUT2D eigenvalue weighted by molar-refractivity contribution is -0.141. The van der Waals surface area contributed by atoms with E-state index in [0.29, 0.717) is 23.7 Å². The number of carbonyl (C=O) groups excluding carboxylic acids is 1. The molecule has 0 saturated carbocycles. The second-order valence-corrected chi connectivity index (χ2v) is 6.18. The van der Waals surface area contributed by atoms with E-state index in [1.165, 1.54) is 17.8 Å². The van der Waals surface area contributed by atoms with Crippen molar-refractivity contribution in [1.29, 1.82) is 0 Å². The summed E-state index contributed by atoms with van der Waals surface area (Å²) in [6.45, 7) is 0.621. The highest BCUT2D eigenvalue weighted by Gasteiger charge is 2.35. The molecule has 0 atom stereocenters. The largest absolute Gasteiger partial charge is 0.487 e. The smallest absolute Gasteiger partial charge is 0.433 e. The Morgan fingerprint density at radius 1 is 1.28 bits per heavy atom. The lowest BCUT2D eigenvalue weighted by Crippen LogP contribution is -2.56. The van der Waals surface area contributed by atoms with Crippen LogP contribution in [0.5, 0.6) is 5.75 Å². The van der Waals surface area contributed by atoms with Crippen LogP contribution in [-0.2, 0) is 6.18 Å². The van der Waals surface area contributed by atoms with Crippen LogP contribution >= 0.6 is 11.8 Å². The predicted molar refractivity (Wildman–Crippen MR) is 85.6 cm³/mol. The summed E-state index contributed by atoms with van der Waals surface area (Å²) in [6, 6.07) is 5.62. The third-order valence-electron chi connectivity index (χ3n) is 3.65. The molecule has 3 rings (SSSR count). The van der Waals surface area contributed by atoms with Gasteiger partial charge in [-0.2, -0.15) is 13.2 Å². The van der Waals surface area contributed by atoms with Crippen molar-refractivity contribution in [1.82, 2.24) is 14.9 Å². The topological polar surface area (TPSA) is 55.3 Å². The second kappa shape index (κ2) is 6.91. The highest BCUT2D eigenvalue weighted by molar-refractivity contribution is 7.98. The summed E-state index contributed by atoms with van der Waals surface area (Å²) in [6.07, 6.45) is -0.355. The number of carbonyl (C=O) groups is 1. The van der Waals surface area contributed by atoms with E-state index >= 15 is 0 Å². The number of pyridine rings is 2. The Morgan fingerprint density at radius 3 is 2.72 bits per heavy atom. The van der Waals surface area contributed by atoms with Crippen LogP contribution in [0, 0.1) is 0 Å². The molecule has 0 aromatic carbocycles. The molecule has 1 saturated heterocycles. The standard InChI is InChI=1S/C16H14F3N3O2S/c1-25-14-12(3-2-5-21-14)15(23)22-8-11(9-22)24-10-4-6-20-13(7-10)16(17,18)19/h2-7,11H,8-9H2,1H3. The number of amides is 1. The number of thioether (sulfide) groups is 1. The van der Waals surface area contributed by atoms with Gasteiger partial charge in [0.2, 0.25) is 0 Å². The van der Waals surface area contributed by atoms with E-state index in [2.05, 4.69) is 9.97 Å². The zero-order valence-electron chi connectivity index (χ0n) is 13.2. The molecule has 5 nitrogen and oxygen atoms in total. The Balaban J connectivity index is 1.61. The van der Waals surface area contributed by atoms with Crippen molar-refractivity contribution in [3.05, 3.63) is 47.9 Å². The van der Waals surface area contributed by atoms with Gasteiger partial charge in [0.25, 0.3) is 5.91 Å². The van der Waals surface area contributed by atoms with Crippen LogP contribution in [0.2, 0.25) is 0 Å². The highest BCUT2D eigenvalue weighted by atomic mass is 32.2. The zero-order valence-corrected chi connectivity index (χ0v) is 14.0. The van der Waals surface area contributed by atoms with Gasteiger partial charge in [0.1, 0.15) is 22.6 Å². The van der Waals surface area contributed by atoms with Crippen LogP contribution in [0.4, 0.5) is 13.2 Å². The van der Waals surface area contributed by atoms with E-state index in [1.54, 1.807) is 23.2 Å². The third-order valence-corrected chi connectivity index (χ3v) is 4.37. The number of hydrogen-bond acceptors (Lipinski definition) is 5. The molecule has 3 heterocycles. The number of halogens is 3. The third kappa shape index (κ3) is 3.87. The van der Waals surface area contributed by atoms with Crippen LogP contribution < -0.4 is 4.74 Å². The molecule has 9 heteroatoms. The molecular formula is C16H14F3N3O2S. The van der Waals surface area contributed by atoms with Crippen LogP contribution in [0.25, 0.3) is 0 Å². The van der Waals surface area contributed by atoms with Gasteiger partial charge in [0.05, 0.1) is 18.7 Å². The fourth-order valence-corrected chi connectivity index (χ4v) is 2.94. The zero-order chi connectivity index (χ0) is 18.0. The molecule has 0 aliphatic carbocycles. The van der Waals surface area contributed by atoms with E-state index in [1.807, 2.05) is 6.26 Å². The normalized spacial score (nSPS) is 15.0. The molecular weight excluding hydrogens is 355 g/mol.